The Hall–Kier alpha value is -1.45. The fraction of sp³-hybridized carbons (Fsp3) is 0.778. The number of benzene rings is 1. The van der Waals surface area contributed by atoms with E-state index in [0.29, 0.717) is 12.8 Å². The summed E-state index contributed by atoms with van der Waals surface area (Å²) in [5.41, 5.74) is -0.778. The van der Waals surface area contributed by atoms with Gasteiger partial charge in [0, 0.05) is 0 Å². The van der Waals surface area contributed by atoms with E-state index in [1.807, 2.05) is 0 Å². The number of rotatable bonds is 45. The van der Waals surface area contributed by atoms with Crippen LogP contribution in [0.3, 0.4) is 0 Å². The zero-order valence-electron chi connectivity index (χ0n) is 41.1. The first-order chi connectivity index (χ1) is 30.3. The molecule has 0 spiro atoms. The normalized spacial score (nSPS) is 11.7. The second kappa shape index (κ2) is 45.7. The average Bonchev–Trinajstić information content (AvgIpc) is 3.26. The van der Waals surface area contributed by atoms with Gasteiger partial charge >= 0.3 is 41.5 Å². The zero-order chi connectivity index (χ0) is 45.0. The van der Waals surface area contributed by atoms with Crippen molar-refractivity contribution in [2.24, 2.45) is 0 Å². The van der Waals surface area contributed by atoms with Crippen molar-refractivity contribution < 1.29 is 61.6 Å². The molecule has 0 radical (unpaired) electrons. The molecule has 1 aromatic rings. The molecule has 0 bridgehead atoms. The molecule has 0 saturated heterocycles. The van der Waals surface area contributed by atoms with Gasteiger partial charge in [-0.25, -0.2) is 18.0 Å². The monoisotopic (exact) mass is 909 g/mol. The van der Waals surface area contributed by atoms with Crippen molar-refractivity contribution >= 4 is 22.1 Å². The first kappa shape index (κ1) is 61.5. The minimum Gasteiger partial charge on any atom is -0.744 e. The van der Waals surface area contributed by atoms with Crippen LogP contribution in [0.2, 0.25) is 0 Å². The third-order valence-electron chi connectivity index (χ3n) is 12.0. The molecule has 358 valence electrons. The molecule has 0 atom stereocenters. The Morgan fingerprint density at radius 2 is 0.730 bits per heavy atom. The van der Waals surface area contributed by atoms with Crippen molar-refractivity contribution in [3.63, 3.8) is 0 Å². The van der Waals surface area contributed by atoms with E-state index in [9.17, 15) is 22.6 Å². The summed E-state index contributed by atoms with van der Waals surface area (Å²) in [6, 6.07) is 3.64. The largest absolute Gasteiger partial charge is 1.00 e. The van der Waals surface area contributed by atoms with Gasteiger partial charge in [-0.05, 0) is 76.3 Å². The molecule has 7 nitrogen and oxygen atoms in total. The van der Waals surface area contributed by atoms with Crippen molar-refractivity contribution in [3.05, 3.63) is 53.6 Å². The summed E-state index contributed by atoms with van der Waals surface area (Å²) in [4.78, 5) is 25.3. The zero-order valence-corrected chi connectivity index (χ0v) is 43.9. The smallest absolute Gasteiger partial charge is 0.744 e. The molecule has 0 heterocycles. The Labute approximate surface area is 410 Å². The molecule has 63 heavy (non-hydrogen) atoms. The van der Waals surface area contributed by atoms with E-state index in [1.165, 1.54) is 198 Å². The Bertz CT molecular complexity index is 1380. The maximum absolute atomic E-state index is 13.1. The summed E-state index contributed by atoms with van der Waals surface area (Å²) in [7, 11) is -5.02. The molecule has 0 aromatic heterocycles. The molecule has 0 aliphatic rings. The average molecular weight is 909 g/mol. The van der Waals surface area contributed by atoms with E-state index in [4.69, 9.17) is 9.47 Å². The van der Waals surface area contributed by atoms with E-state index in [-0.39, 0.29) is 48.3 Å². The maximum Gasteiger partial charge on any atom is 1.00 e. The number of carbonyl (C=O) groups excluding carboxylic acids is 2. The first-order valence-corrected chi connectivity index (χ1v) is 27.5. The first-order valence-electron chi connectivity index (χ1n) is 26.1. The molecule has 0 aliphatic heterocycles. The molecule has 0 unspecified atom stereocenters. The fourth-order valence-electron chi connectivity index (χ4n) is 8.07. The standard InChI is InChI=1S/C54H94O7S.Na/c1-3-5-7-9-11-13-15-17-19-21-23-25-27-29-31-33-35-37-39-41-43-48-60-53(55)50-46-45-47-51(62(57,58)59)52(50)54(56)61-49-44-42-40-38-36-34-32-30-28-26-24-22-20-18-16-14-12-10-8-6-4-2;/h23-26,45-47H,3-22,27-44,48-49H2,1-2H3,(H,57,58,59);/q;+1/p-1/b25-23+,26-24+;. The Morgan fingerprint density at radius 1 is 0.444 bits per heavy atom. The van der Waals surface area contributed by atoms with Gasteiger partial charge in [0.05, 0.1) is 29.2 Å². The van der Waals surface area contributed by atoms with Crippen molar-refractivity contribution in [1.29, 1.82) is 0 Å². The van der Waals surface area contributed by atoms with Gasteiger partial charge in [-0.2, -0.15) is 0 Å². The van der Waals surface area contributed by atoms with E-state index >= 15 is 0 Å². The number of hydrogen-bond donors (Lipinski definition) is 0. The molecule has 9 heteroatoms. The van der Waals surface area contributed by atoms with Crippen LogP contribution in [0, 0.1) is 0 Å². The van der Waals surface area contributed by atoms with Gasteiger partial charge in [0.2, 0.25) is 0 Å². The van der Waals surface area contributed by atoms with E-state index in [0.717, 1.165) is 51.0 Å². The van der Waals surface area contributed by atoms with Crippen molar-refractivity contribution in [2.75, 3.05) is 13.2 Å². The summed E-state index contributed by atoms with van der Waals surface area (Å²) < 4.78 is 46.9. The Balaban J connectivity index is 0.0000384. The van der Waals surface area contributed by atoms with E-state index in [1.54, 1.807) is 0 Å². The SMILES string of the molecule is CCCCCCCCCCC/C=C/CCCCCCCCCCOC(=O)c1cccc(S(=O)(=O)[O-])c1C(=O)OCCCCCCCCCC/C=C/CCCCCCCCCCC.[Na+]. The van der Waals surface area contributed by atoms with Gasteiger partial charge in [-0.1, -0.05) is 224 Å². The topological polar surface area (TPSA) is 110 Å². The molecular weight excluding hydrogens is 816 g/mol. The van der Waals surface area contributed by atoms with Crippen LogP contribution < -0.4 is 29.6 Å². The molecular formula is C54H93NaO7S. The maximum atomic E-state index is 13.1. The van der Waals surface area contributed by atoms with E-state index < -0.39 is 32.5 Å². The van der Waals surface area contributed by atoms with Crippen molar-refractivity contribution in [1.82, 2.24) is 0 Å². The quantitative estimate of drug-likeness (QED) is 0.0211. The Morgan fingerprint density at radius 3 is 1.05 bits per heavy atom. The van der Waals surface area contributed by atoms with Crippen LogP contribution in [-0.2, 0) is 19.6 Å². The van der Waals surface area contributed by atoms with Crippen LogP contribution >= 0.6 is 0 Å². The van der Waals surface area contributed by atoms with Crippen LogP contribution in [0.25, 0.3) is 0 Å². The molecule has 0 saturated carbocycles. The fourth-order valence-corrected chi connectivity index (χ4v) is 8.76. The van der Waals surface area contributed by atoms with Crippen LogP contribution in [0.15, 0.2) is 47.4 Å². The molecule has 0 amide bonds. The number of allylic oxidation sites excluding steroid dienone is 4. The van der Waals surface area contributed by atoms with Crippen LogP contribution in [-0.4, -0.2) is 38.1 Å². The molecule has 0 aliphatic carbocycles. The summed E-state index contributed by atoms with van der Waals surface area (Å²) in [6.07, 6.45) is 56.2. The van der Waals surface area contributed by atoms with Gasteiger partial charge in [-0.3, -0.25) is 0 Å². The number of carbonyl (C=O) groups is 2. The molecule has 0 fully saturated rings. The summed E-state index contributed by atoms with van der Waals surface area (Å²) >= 11 is 0. The third kappa shape index (κ3) is 37.3. The minimum atomic E-state index is -5.02. The van der Waals surface area contributed by atoms with Gasteiger partial charge < -0.3 is 14.0 Å². The molecule has 1 rings (SSSR count). The number of hydrogen-bond acceptors (Lipinski definition) is 7. The number of ether oxygens (including phenoxy) is 2. The number of esters is 2. The number of unbranched alkanes of at least 4 members (excludes halogenated alkanes) is 34. The van der Waals surface area contributed by atoms with Gasteiger partial charge in [0.1, 0.15) is 10.1 Å². The second-order valence-corrected chi connectivity index (χ2v) is 19.2. The predicted octanol–water partition coefficient (Wildman–Crippen LogP) is 13.9. The minimum absolute atomic E-state index is 0. The van der Waals surface area contributed by atoms with E-state index in [2.05, 4.69) is 38.2 Å². The third-order valence-corrected chi connectivity index (χ3v) is 12.9. The second-order valence-electron chi connectivity index (χ2n) is 17.8. The molecule has 0 N–H and O–H groups in total. The summed E-state index contributed by atoms with van der Waals surface area (Å²) in [5.74, 6) is -1.81. The summed E-state index contributed by atoms with van der Waals surface area (Å²) in [6.45, 7) is 4.78. The van der Waals surface area contributed by atoms with Crippen molar-refractivity contribution in [2.45, 2.75) is 263 Å². The van der Waals surface area contributed by atoms with Crippen LogP contribution in [0.4, 0.5) is 0 Å². The van der Waals surface area contributed by atoms with Gasteiger partial charge in [-0.15, -0.1) is 0 Å². The Kier molecular flexibility index (Phi) is 44.6. The van der Waals surface area contributed by atoms with Crippen molar-refractivity contribution in [3.8, 4) is 0 Å². The van der Waals surface area contributed by atoms with Gasteiger partial charge in [0.25, 0.3) is 0 Å². The van der Waals surface area contributed by atoms with Gasteiger partial charge in [0.15, 0.2) is 0 Å². The van der Waals surface area contributed by atoms with Crippen LogP contribution in [0.1, 0.15) is 279 Å². The molecule has 1 aromatic carbocycles. The predicted molar refractivity (Wildman–Crippen MR) is 260 cm³/mol. The van der Waals surface area contributed by atoms with Crippen LogP contribution in [0.5, 0.6) is 0 Å². The summed E-state index contributed by atoms with van der Waals surface area (Å²) in [5, 5.41) is 0.